The summed E-state index contributed by atoms with van der Waals surface area (Å²) in [7, 11) is 1.41. The van der Waals surface area contributed by atoms with Gasteiger partial charge in [0.1, 0.15) is 0 Å². The molecule has 6 heteroatoms. The fourth-order valence-corrected chi connectivity index (χ4v) is 1.78. The topological polar surface area (TPSA) is 63.2 Å². The summed E-state index contributed by atoms with van der Waals surface area (Å²) in [5, 5.41) is 0. The molecule has 1 aromatic carbocycles. The van der Waals surface area contributed by atoms with Gasteiger partial charge in [0, 0.05) is 24.0 Å². The Morgan fingerprint density at radius 2 is 2.00 bits per heavy atom. The van der Waals surface area contributed by atoms with Gasteiger partial charge < -0.3 is 4.74 Å². The average Bonchev–Trinajstić information content (AvgIpc) is 2.53. The minimum atomic E-state index is -0.441. The molecule has 0 saturated heterocycles. The quantitative estimate of drug-likeness (QED) is 0.829. The molecule has 5 nitrogen and oxygen atoms in total. The Morgan fingerprint density at radius 3 is 2.62 bits per heavy atom. The van der Waals surface area contributed by atoms with Gasteiger partial charge in [0.15, 0.2) is 11.6 Å². The molecule has 0 spiro atoms. The molecule has 0 aliphatic rings. The summed E-state index contributed by atoms with van der Waals surface area (Å²) in [6.45, 7) is 1.81. The second kappa shape index (κ2) is 6.81. The van der Waals surface area contributed by atoms with Gasteiger partial charge in [-0.25, -0.2) is 9.82 Å². The molecule has 1 aromatic heterocycles. The van der Waals surface area contributed by atoms with Crippen LogP contribution < -0.4 is 15.6 Å². The van der Waals surface area contributed by atoms with E-state index in [2.05, 4.69) is 15.8 Å². The average molecular weight is 289 g/mol. The van der Waals surface area contributed by atoms with Crippen LogP contribution in [0.4, 0.5) is 4.39 Å². The predicted octanol–water partition coefficient (Wildman–Crippen LogP) is 2.22. The van der Waals surface area contributed by atoms with Crippen LogP contribution in [0.15, 0.2) is 42.7 Å². The van der Waals surface area contributed by atoms with E-state index in [0.29, 0.717) is 11.1 Å². The molecule has 1 amide bonds. The number of carbonyl (C=O) groups is 1. The molecule has 2 aromatic rings. The molecule has 0 aliphatic carbocycles. The van der Waals surface area contributed by atoms with Gasteiger partial charge in [-0.1, -0.05) is 6.07 Å². The minimum Gasteiger partial charge on any atom is -0.494 e. The van der Waals surface area contributed by atoms with E-state index < -0.39 is 5.82 Å². The first-order valence-electron chi connectivity index (χ1n) is 6.41. The van der Waals surface area contributed by atoms with E-state index in [-0.39, 0.29) is 17.7 Å². The molecule has 0 saturated carbocycles. The molecule has 2 rings (SSSR count). The van der Waals surface area contributed by atoms with Crippen LogP contribution in [0.1, 0.15) is 28.9 Å². The molecule has 0 aliphatic heterocycles. The number of halogens is 1. The van der Waals surface area contributed by atoms with Gasteiger partial charge in [0.25, 0.3) is 5.91 Å². The molecular formula is C15H16FN3O2. The number of nitrogens with one attached hydrogen (secondary N) is 2. The Bertz CT molecular complexity index is 620. The number of methoxy groups -OCH3 is 1. The summed E-state index contributed by atoms with van der Waals surface area (Å²) in [5.74, 6) is -0.533. The lowest BCUT2D eigenvalue weighted by Crippen LogP contribution is -2.39. The number of pyridine rings is 1. The van der Waals surface area contributed by atoms with Crippen molar-refractivity contribution in [3.63, 3.8) is 0 Å². The third-order valence-corrected chi connectivity index (χ3v) is 3.02. The van der Waals surface area contributed by atoms with Crippen molar-refractivity contribution in [2.45, 2.75) is 13.0 Å². The largest absolute Gasteiger partial charge is 0.494 e. The Morgan fingerprint density at radius 1 is 1.29 bits per heavy atom. The number of aromatic nitrogens is 1. The minimum absolute atomic E-state index is 0.187. The van der Waals surface area contributed by atoms with Gasteiger partial charge >= 0.3 is 0 Å². The summed E-state index contributed by atoms with van der Waals surface area (Å²) in [5.41, 5.74) is 6.60. The van der Waals surface area contributed by atoms with Gasteiger partial charge in [-0.3, -0.25) is 15.2 Å². The Labute approximate surface area is 122 Å². The van der Waals surface area contributed by atoms with Gasteiger partial charge in [0.05, 0.1) is 7.11 Å². The first-order chi connectivity index (χ1) is 10.1. The SMILES string of the molecule is COc1ccc(C(C)NNC(=O)c2ccncc2)cc1F. The predicted molar refractivity (Wildman–Crippen MR) is 76.2 cm³/mol. The third-order valence-electron chi connectivity index (χ3n) is 3.02. The highest BCUT2D eigenvalue weighted by molar-refractivity contribution is 5.93. The lowest BCUT2D eigenvalue weighted by atomic mass is 10.1. The summed E-state index contributed by atoms with van der Waals surface area (Å²) in [6, 6.07) is 7.61. The van der Waals surface area contributed by atoms with Crippen molar-refractivity contribution in [3.05, 3.63) is 59.7 Å². The molecule has 2 N–H and O–H groups in total. The van der Waals surface area contributed by atoms with Crippen LogP contribution in [-0.2, 0) is 0 Å². The summed E-state index contributed by atoms with van der Waals surface area (Å²) in [6.07, 6.45) is 3.08. The van der Waals surface area contributed by atoms with Crippen molar-refractivity contribution in [2.24, 2.45) is 0 Å². The fourth-order valence-electron chi connectivity index (χ4n) is 1.78. The van der Waals surface area contributed by atoms with Crippen LogP contribution in [0.3, 0.4) is 0 Å². The Hall–Kier alpha value is -2.47. The summed E-state index contributed by atoms with van der Waals surface area (Å²) >= 11 is 0. The maximum Gasteiger partial charge on any atom is 0.265 e. The van der Waals surface area contributed by atoms with Gasteiger partial charge in [-0.15, -0.1) is 0 Å². The van der Waals surface area contributed by atoms with Crippen molar-refractivity contribution in [2.75, 3.05) is 7.11 Å². The highest BCUT2D eigenvalue weighted by Gasteiger charge is 2.11. The molecule has 21 heavy (non-hydrogen) atoms. The number of hydrazine groups is 1. The van der Waals surface area contributed by atoms with E-state index in [9.17, 15) is 9.18 Å². The van der Waals surface area contributed by atoms with Crippen LogP contribution >= 0.6 is 0 Å². The molecule has 110 valence electrons. The van der Waals surface area contributed by atoms with Crippen LogP contribution in [0.5, 0.6) is 5.75 Å². The van der Waals surface area contributed by atoms with Crippen molar-refractivity contribution < 1.29 is 13.9 Å². The van der Waals surface area contributed by atoms with E-state index in [4.69, 9.17) is 4.74 Å². The lowest BCUT2D eigenvalue weighted by molar-refractivity contribution is 0.0926. The summed E-state index contributed by atoms with van der Waals surface area (Å²) in [4.78, 5) is 15.7. The van der Waals surface area contributed by atoms with Gasteiger partial charge in [-0.05, 0) is 36.8 Å². The lowest BCUT2D eigenvalue weighted by Gasteiger charge is -2.16. The van der Waals surface area contributed by atoms with Crippen molar-refractivity contribution in [3.8, 4) is 5.75 Å². The molecule has 0 radical (unpaired) electrons. The van der Waals surface area contributed by atoms with Gasteiger partial charge in [-0.2, -0.15) is 0 Å². The van der Waals surface area contributed by atoms with Crippen molar-refractivity contribution in [1.82, 2.24) is 15.8 Å². The fraction of sp³-hybridized carbons (Fsp3) is 0.200. The standard InChI is InChI=1S/C15H16FN3O2/c1-10(12-3-4-14(21-2)13(16)9-12)18-19-15(20)11-5-7-17-8-6-11/h3-10,18H,1-2H3,(H,19,20). The molecular weight excluding hydrogens is 273 g/mol. The van der Waals surface area contributed by atoms with E-state index >= 15 is 0 Å². The Balaban J connectivity index is 1.97. The first kappa shape index (κ1) is 14.9. The number of rotatable bonds is 5. The van der Waals surface area contributed by atoms with Crippen LogP contribution in [0.2, 0.25) is 0 Å². The highest BCUT2D eigenvalue weighted by Crippen LogP contribution is 2.21. The number of amides is 1. The number of hydrogen-bond acceptors (Lipinski definition) is 4. The van der Waals surface area contributed by atoms with E-state index in [1.54, 1.807) is 24.3 Å². The zero-order valence-corrected chi connectivity index (χ0v) is 11.8. The van der Waals surface area contributed by atoms with E-state index in [1.165, 1.54) is 25.6 Å². The monoisotopic (exact) mass is 289 g/mol. The normalized spacial score (nSPS) is 11.8. The molecule has 1 unspecified atom stereocenters. The van der Waals surface area contributed by atoms with Crippen molar-refractivity contribution in [1.29, 1.82) is 0 Å². The van der Waals surface area contributed by atoms with Crippen LogP contribution in [0, 0.1) is 5.82 Å². The number of hydrogen-bond donors (Lipinski definition) is 2. The van der Waals surface area contributed by atoms with Gasteiger partial charge in [0.2, 0.25) is 0 Å². The maximum absolute atomic E-state index is 13.6. The first-order valence-corrected chi connectivity index (χ1v) is 6.41. The van der Waals surface area contributed by atoms with Crippen LogP contribution in [-0.4, -0.2) is 18.0 Å². The number of benzene rings is 1. The van der Waals surface area contributed by atoms with Crippen molar-refractivity contribution >= 4 is 5.91 Å². The molecule has 0 bridgehead atoms. The number of nitrogens with zero attached hydrogens (tertiary/aromatic N) is 1. The molecule has 1 heterocycles. The second-order valence-electron chi connectivity index (χ2n) is 4.45. The summed E-state index contributed by atoms with van der Waals surface area (Å²) < 4.78 is 18.5. The second-order valence-corrected chi connectivity index (χ2v) is 4.45. The van der Waals surface area contributed by atoms with E-state index in [0.717, 1.165) is 0 Å². The zero-order valence-electron chi connectivity index (χ0n) is 11.8. The smallest absolute Gasteiger partial charge is 0.265 e. The molecule has 1 atom stereocenters. The highest BCUT2D eigenvalue weighted by atomic mass is 19.1. The number of carbonyl (C=O) groups excluding carboxylic acids is 1. The zero-order chi connectivity index (χ0) is 15.2. The Kier molecular flexibility index (Phi) is 4.84. The number of ether oxygens (including phenoxy) is 1. The molecule has 0 fully saturated rings. The van der Waals surface area contributed by atoms with E-state index in [1.807, 2.05) is 6.92 Å². The third kappa shape index (κ3) is 3.76. The van der Waals surface area contributed by atoms with Crippen LogP contribution in [0.25, 0.3) is 0 Å². The maximum atomic E-state index is 13.6.